The Morgan fingerprint density at radius 3 is 2.00 bits per heavy atom. The van der Waals surface area contributed by atoms with Gasteiger partial charge in [-0.05, 0) is 41.0 Å². The lowest BCUT2D eigenvalue weighted by Gasteiger charge is -2.23. The van der Waals surface area contributed by atoms with Crippen LogP contribution in [-0.2, 0) is 9.53 Å². The smallest absolute Gasteiger partial charge is 0.407 e. The van der Waals surface area contributed by atoms with E-state index in [9.17, 15) is 14.7 Å². The highest BCUT2D eigenvalue weighted by atomic mass is 32.1. The average Bonchev–Trinajstić information content (AvgIpc) is 2.86. The molecule has 1 amide bonds. The summed E-state index contributed by atoms with van der Waals surface area (Å²) in [6, 6.07) is 15.4. The van der Waals surface area contributed by atoms with Gasteiger partial charge in [0, 0.05) is 5.92 Å². The first-order valence-corrected chi connectivity index (χ1v) is 10.5. The van der Waals surface area contributed by atoms with Crippen LogP contribution in [0.5, 0.6) is 0 Å². The van der Waals surface area contributed by atoms with Crippen LogP contribution in [0.4, 0.5) is 4.79 Å². The van der Waals surface area contributed by atoms with E-state index in [1.165, 1.54) is 11.1 Å². The van der Waals surface area contributed by atoms with Gasteiger partial charge >= 0.3 is 12.1 Å². The molecule has 0 saturated heterocycles. The highest BCUT2D eigenvalue weighted by Gasteiger charge is 2.32. The van der Waals surface area contributed by atoms with E-state index in [1.54, 1.807) is 0 Å². The van der Waals surface area contributed by atoms with Crippen LogP contribution in [0.3, 0.4) is 0 Å². The summed E-state index contributed by atoms with van der Waals surface area (Å²) in [4.78, 5) is 24.2. The number of fused-ring (bicyclic) bond motifs is 3. The number of hydrogen-bond donors (Lipinski definition) is 2. The van der Waals surface area contributed by atoms with Crippen LogP contribution in [0.2, 0.25) is 0 Å². The van der Waals surface area contributed by atoms with Gasteiger partial charge in [-0.2, -0.15) is 13.5 Å². The van der Waals surface area contributed by atoms with Crippen molar-refractivity contribution in [1.29, 1.82) is 0 Å². The van der Waals surface area contributed by atoms with Gasteiger partial charge in [0.25, 0.3) is 0 Å². The predicted octanol–water partition coefficient (Wildman–Crippen LogP) is 5.06. The standard InChI is InChI=1S/C24H27NO4.H2S/c26-23(27)22(16-9-3-1-2-4-10-16)25-24(28)29-15-21-19-13-7-5-11-17(19)18-12-6-8-14-20(18)21;/h5-8,11-14,16,21-22H,1-4,9-10,15H2,(H,25,28)(H,26,27);1H2/t22-;/m0./s1. The molecule has 0 unspecified atom stereocenters. The quantitative estimate of drug-likeness (QED) is 0.654. The zero-order chi connectivity index (χ0) is 20.2. The third kappa shape index (κ3) is 4.64. The van der Waals surface area contributed by atoms with Crippen LogP contribution in [0.25, 0.3) is 11.1 Å². The number of benzene rings is 2. The molecule has 0 bridgehead atoms. The number of rotatable bonds is 5. The lowest BCUT2D eigenvalue weighted by atomic mass is 9.92. The molecule has 0 aliphatic heterocycles. The van der Waals surface area contributed by atoms with E-state index in [1.807, 2.05) is 24.3 Å². The number of carbonyl (C=O) groups excluding carboxylic acids is 1. The third-order valence-electron chi connectivity index (χ3n) is 6.25. The molecule has 2 N–H and O–H groups in total. The number of hydrogen-bond acceptors (Lipinski definition) is 3. The Hall–Kier alpha value is -2.47. The molecule has 0 heterocycles. The fraction of sp³-hybridized carbons (Fsp3) is 0.417. The Bertz CT molecular complexity index is 847. The Kier molecular flexibility index (Phi) is 7.43. The largest absolute Gasteiger partial charge is 0.480 e. The van der Waals surface area contributed by atoms with Crippen LogP contribution < -0.4 is 5.32 Å². The summed E-state index contributed by atoms with van der Waals surface area (Å²) < 4.78 is 5.53. The van der Waals surface area contributed by atoms with E-state index < -0.39 is 18.1 Å². The summed E-state index contributed by atoms with van der Waals surface area (Å²) >= 11 is 0. The fourth-order valence-electron chi connectivity index (χ4n) is 4.79. The second kappa shape index (κ2) is 10.0. The highest BCUT2D eigenvalue weighted by molar-refractivity contribution is 7.59. The first kappa shape index (κ1) is 22.2. The second-order valence-corrected chi connectivity index (χ2v) is 8.04. The van der Waals surface area contributed by atoms with Gasteiger partial charge in [-0.1, -0.05) is 74.2 Å². The highest BCUT2D eigenvalue weighted by Crippen LogP contribution is 2.44. The van der Waals surface area contributed by atoms with Gasteiger partial charge in [0.2, 0.25) is 0 Å². The molecule has 1 fully saturated rings. The van der Waals surface area contributed by atoms with Gasteiger partial charge in [-0.3, -0.25) is 0 Å². The average molecular weight is 428 g/mol. The first-order valence-electron chi connectivity index (χ1n) is 10.5. The summed E-state index contributed by atoms with van der Waals surface area (Å²) in [7, 11) is 0. The summed E-state index contributed by atoms with van der Waals surface area (Å²) in [5.41, 5.74) is 4.61. The van der Waals surface area contributed by atoms with Crippen molar-refractivity contribution in [3.05, 3.63) is 59.7 Å². The summed E-state index contributed by atoms with van der Waals surface area (Å²) in [5.74, 6) is -1.05. The molecule has 1 saturated carbocycles. The molecule has 2 aliphatic carbocycles. The van der Waals surface area contributed by atoms with Crippen molar-refractivity contribution in [3.63, 3.8) is 0 Å². The number of nitrogens with one attached hydrogen (secondary N) is 1. The molecule has 2 aliphatic rings. The molecule has 0 radical (unpaired) electrons. The minimum Gasteiger partial charge on any atom is -0.480 e. The molecule has 0 aromatic heterocycles. The fourth-order valence-corrected chi connectivity index (χ4v) is 4.79. The van der Waals surface area contributed by atoms with Gasteiger partial charge < -0.3 is 15.2 Å². The SMILES string of the molecule is O=C(N[C@H](C(=O)O)C1CCCCCC1)OCC1c2ccccc2-c2ccccc21.S. The predicted molar refractivity (Wildman–Crippen MR) is 121 cm³/mol. The number of carboxylic acid groups (broad SMARTS) is 1. The summed E-state index contributed by atoms with van der Waals surface area (Å²) in [5, 5.41) is 12.3. The van der Waals surface area contributed by atoms with Crippen LogP contribution in [0.15, 0.2) is 48.5 Å². The lowest BCUT2D eigenvalue weighted by Crippen LogP contribution is -2.46. The van der Waals surface area contributed by atoms with E-state index >= 15 is 0 Å². The second-order valence-electron chi connectivity index (χ2n) is 8.04. The molecule has 2 aromatic rings. The molecule has 2 aromatic carbocycles. The van der Waals surface area contributed by atoms with E-state index in [0.717, 1.165) is 49.7 Å². The first-order chi connectivity index (χ1) is 14.1. The molecule has 30 heavy (non-hydrogen) atoms. The number of carbonyl (C=O) groups is 2. The third-order valence-corrected chi connectivity index (χ3v) is 6.25. The topological polar surface area (TPSA) is 75.6 Å². The maximum Gasteiger partial charge on any atom is 0.407 e. The van der Waals surface area contributed by atoms with Crippen LogP contribution >= 0.6 is 13.5 Å². The van der Waals surface area contributed by atoms with E-state index in [0.29, 0.717) is 0 Å². The molecule has 1 atom stereocenters. The van der Waals surface area contributed by atoms with Gasteiger partial charge in [0.15, 0.2) is 0 Å². The summed E-state index contributed by atoms with van der Waals surface area (Å²) in [6.07, 6.45) is 5.31. The van der Waals surface area contributed by atoms with Crippen molar-refractivity contribution in [2.24, 2.45) is 5.92 Å². The zero-order valence-corrected chi connectivity index (χ0v) is 18.0. The van der Waals surface area contributed by atoms with Crippen LogP contribution in [0, 0.1) is 5.92 Å². The number of amides is 1. The molecular formula is C24H29NO4S. The Morgan fingerprint density at radius 1 is 0.933 bits per heavy atom. The maximum atomic E-state index is 12.5. The van der Waals surface area contributed by atoms with Crippen molar-refractivity contribution in [1.82, 2.24) is 5.32 Å². The van der Waals surface area contributed by atoms with Gasteiger partial charge in [-0.25, -0.2) is 9.59 Å². The number of alkyl carbamates (subject to hydrolysis) is 1. The molecule has 0 spiro atoms. The summed E-state index contributed by atoms with van der Waals surface area (Å²) in [6.45, 7) is 0.191. The molecular weight excluding hydrogens is 398 g/mol. The van der Waals surface area contributed by atoms with Crippen molar-refractivity contribution < 1.29 is 19.4 Å². The number of carboxylic acids is 1. The minimum absolute atomic E-state index is 0. The van der Waals surface area contributed by atoms with Crippen molar-refractivity contribution in [3.8, 4) is 11.1 Å². The van der Waals surface area contributed by atoms with Gasteiger partial charge in [0.1, 0.15) is 12.6 Å². The molecule has 6 heteroatoms. The van der Waals surface area contributed by atoms with E-state index in [4.69, 9.17) is 4.74 Å². The monoisotopic (exact) mass is 427 g/mol. The Labute approximate surface area is 184 Å². The van der Waals surface area contributed by atoms with Gasteiger partial charge in [-0.15, -0.1) is 0 Å². The number of aliphatic carboxylic acids is 1. The van der Waals surface area contributed by atoms with Crippen LogP contribution in [-0.4, -0.2) is 29.8 Å². The molecule has 4 rings (SSSR count). The lowest BCUT2D eigenvalue weighted by molar-refractivity contribution is -0.141. The molecule has 160 valence electrons. The van der Waals surface area contributed by atoms with E-state index in [2.05, 4.69) is 29.6 Å². The van der Waals surface area contributed by atoms with Crippen molar-refractivity contribution in [2.45, 2.75) is 50.5 Å². The van der Waals surface area contributed by atoms with Crippen LogP contribution in [0.1, 0.15) is 55.6 Å². The minimum atomic E-state index is -0.981. The van der Waals surface area contributed by atoms with Crippen molar-refractivity contribution >= 4 is 25.6 Å². The zero-order valence-electron chi connectivity index (χ0n) is 17.0. The maximum absolute atomic E-state index is 12.5. The normalized spacial score (nSPS) is 17.1. The molecule has 5 nitrogen and oxygen atoms in total. The van der Waals surface area contributed by atoms with Gasteiger partial charge in [0.05, 0.1) is 0 Å². The van der Waals surface area contributed by atoms with Crippen molar-refractivity contribution in [2.75, 3.05) is 6.61 Å². The Morgan fingerprint density at radius 2 is 1.47 bits per heavy atom. The van der Waals surface area contributed by atoms with E-state index in [-0.39, 0.29) is 31.9 Å². The Balaban J connectivity index is 0.00000256. The number of ether oxygens (including phenoxy) is 1.